The maximum Gasteiger partial charge on any atom is 0.294 e. The highest BCUT2D eigenvalue weighted by atomic mass is 19.1. The van der Waals surface area contributed by atoms with Crippen molar-refractivity contribution in [2.45, 2.75) is 38.8 Å². The van der Waals surface area contributed by atoms with Crippen molar-refractivity contribution in [3.8, 4) is 0 Å². The quantitative estimate of drug-likeness (QED) is 0.680. The molecule has 0 unspecified atom stereocenters. The first-order valence-electron chi connectivity index (χ1n) is 10.4. The molecule has 6 nitrogen and oxygen atoms in total. The van der Waals surface area contributed by atoms with Crippen LogP contribution in [0.15, 0.2) is 53.3 Å². The molecule has 1 amide bonds. The molecule has 1 aromatic heterocycles. The van der Waals surface area contributed by atoms with Crippen LogP contribution in [-0.2, 0) is 17.9 Å². The standard InChI is InChI=1S/C23H25FN4O2/c24-18-10-8-17(9-11-18)16-25-21(29)12-15-28-20-7-3-2-6-19(20)26-22(23(28)30)27-13-4-1-5-14-27/h2-3,6-11H,1,4-5,12-16H2,(H,25,29). The van der Waals surface area contributed by atoms with E-state index in [-0.39, 0.29) is 30.2 Å². The third-order valence-corrected chi connectivity index (χ3v) is 5.46. The fraction of sp³-hybridized carbons (Fsp3) is 0.348. The minimum absolute atomic E-state index is 0.151. The Bertz CT molecular complexity index is 1090. The number of aryl methyl sites for hydroxylation is 1. The lowest BCUT2D eigenvalue weighted by Crippen LogP contribution is -2.37. The van der Waals surface area contributed by atoms with Crippen molar-refractivity contribution in [1.29, 1.82) is 0 Å². The van der Waals surface area contributed by atoms with Crippen LogP contribution in [0.4, 0.5) is 10.2 Å². The third kappa shape index (κ3) is 4.50. The van der Waals surface area contributed by atoms with Gasteiger partial charge < -0.3 is 14.8 Å². The molecule has 1 saturated heterocycles. The SMILES string of the molecule is O=C(CCn1c(=O)c(N2CCCCC2)nc2ccccc21)NCc1ccc(F)cc1. The number of hydrogen-bond acceptors (Lipinski definition) is 4. The highest BCUT2D eigenvalue weighted by molar-refractivity contribution is 5.78. The van der Waals surface area contributed by atoms with E-state index in [0.717, 1.165) is 42.5 Å². The maximum absolute atomic E-state index is 13.2. The summed E-state index contributed by atoms with van der Waals surface area (Å²) < 4.78 is 14.7. The lowest BCUT2D eigenvalue weighted by molar-refractivity contribution is -0.121. The number of carbonyl (C=O) groups is 1. The predicted molar refractivity (Wildman–Crippen MR) is 115 cm³/mol. The Balaban J connectivity index is 1.51. The van der Waals surface area contributed by atoms with Crippen LogP contribution in [0.25, 0.3) is 11.0 Å². The maximum atomic E-state index is 13.2. The largest absolute Gasteiger partial charge is 0.352 e. The van der Waals surface area contributed by atoms with Gasteiger partial charge in [-0.05, 0) is 49.1 Å². The molecule has 30 heavy (non-hydrogen) atoms. The van der Waals surface area contributed by atoms with Gasteiger partial charge in [0.05, 0.1) is 11.0 Å². The number of para-hydroxylation sites is 2. The number of fused-ring (bicyclic) bond motifs is 1. The summed E-state index contributed by atoms with van der Waals surface area (Å²) in [4.78, 5) is 32.3. The van der Waals surface area contributed by atoms with E-state index in [4.69, 9.17) is 0 Å². The highest BCUT2D eigenvalue weighted by Crippen LogP contribution is 2.18. The molecule has 1 aliphatic heterocycles. The lowest BCUT2D eigenvalue weighted by atomic mass is 10.1. The van der Waals surface area contributed by atoms with E-state index < -0.39 is 0 Å². The Morgan fingerprint density at radius 1 is 1.03 bits per heavy atom. The molecule has 7 heteroatoms. The lowest BCUT2D eigenvalue weighted by Gasteiger charge is -2.27. The smallest absolute Gasteiger partial charge is 0.294 e. The van der Waals surface area contributed by atoms with Gasteiger partial charge in [0.25, 0.3) is 5.56 Å². The van der Waals surface area contributed by atoms with Crippen molar-refractivity contribution in [2.24, 2.45) is 0 Å². The molecule has 4 rings (SSSR count). The molecule has 2 aromatic carbocycles. The number of piperidine rings is 1. The molecular formula is C23H25FN4O2. The molecule has 1 aliphatic rings. The second-order valence-corrected chi connectivity index (χ2v) is 7.58. The number of nitrogens with zero attached hydrogens (tertiary/aromatic N) is 3. The van der Waals surface area contributed by atoms with E-state index in [9.17, 15) is 14.0 Å². The number of aromatic nitrogens is 2. The summed E-state index contributed by atoms with van der Waals surface area (Å²) in [6, 6.07) is 13.5. The van der Waals surface area contributed by atoms with Crippen molar-refractivity contribution < 1.29 is 9.18 Å². The number of hydrogen-bond donors (Lipinski definition) is 1. The summed E-state index contributed by atoms with van der Waals surface area (Å²) in [5.74, 6) is 0.00490. The molecule has 0 saturated carbocycles. The molecule has 156 valence electrons. The van der Waals surface area contributed by atoms with Gasteiger partial charge in [0.1, 0.15) is 5.82 Å². The molecule has 1 fully saturated rings. The summed E-state index contributed by atoms with van der Waals surface area (Å²) >= 11 is 0. The van der Waals surface area contributed by atoms with Crippen LogP contribution in [0, 0.1) is 5.82 Å². The topological polar surface area (TPSA) is 67.2 Å². The number of nitrogens with one attached hydrogen (secondary N) is 1. The first-order chi connectivity index (χ1) is 14.6. The molecule has 0 aliphatic carbocycles. The summed E-state index contributed by atoms with van der Waals surface area (Å²) in [6.45, 7) is 2.26. The first kappa shape index (κ1) is 20.1. The normalized spacial score (nSPS) is 14.1. The highest BCUT2D eigenvalue weighted by Gasteiger charge is 2.19. The van der Waals surface area contributed by atoms with Crippen LogP contribution in [0.1, 0.15) is 31.2 Å². The van der Waals surface area contributed by atoms with Gasteiger partial charge in [-0.1, -0.05) is 24.3 Å². The van der Waals surface area contributed by atoms with Crippen molar-refractivity contribution in [2.75, 3.05) is 18.0 Å². The van der Waals surface area contributed by atoms with Crippen LogP contribution in [-0.4, -0.2) is 28.5 Å². The average molecular weight is 408 g/mol. The van der Waals surface area contributed by atoms with Crippen molar-refractivity contribution in [1.82, 2.24) is 14.9 Å². The van der Waals surface area contributed by atoms with Crippen LogP contribution in [0.3, 0.4) is 0 Å². The second kappa shape index (κ2) is 9.07. The van der Waals surface area contributed by atoms with Gasteiger partial charge in [-0.3, -0.25) is 9.59 Å². The number of amides is 1. The molecular weight excluding hydrogens is 383 g/mol. The van der Waals surface area contributed by atoms with Crippen LogP contribution >= 0.6 is 0 Å². The van der Waals surface area contributed by atoms with Crippen LogP contribution in [0.5, 0.6) is 0 Å². The first-order valence-corrected chi connectivity index (χ1v) is 10.4. The van der Waals surface area contributed by atoms with Gasteiger partial charge >= 0.3 is 0 Å². The van der Waals surface area contributed by atoms with Crippen molar-refractivity contribution in [3.63, 3.8) is 0 Å². The Kier molecular flexibility index (Phi) is 6.07. The third-order valence-electron chi connectivity index (χ3n) is 5.46. The summed E-state index contributed by atoms with van der Waals surface area (Å²) in [6.07, 6.45) is 3.46. The van der Waals surface area contributed by atoms with Gasteiger partial charge in [0.2, 0.25) is 5.91 Å². The summed E-state index contributed by atoms with van der Waals surface area (Å²) in [5.41, 5.74) is 2.16. The number of carbonyl (C=O) groups excluding carboxylic acids is 1. The van der Waals surface area contributed by atoms with E-state index in [1.807, 2.05) is 24.3 Å². The van der Waals surface area contributed by atoms with Crippen LogP contribution in [0.2, 0.25) is 0 Å². The number of benzene rings is 2. The zero-order valence-electron chi connectivity index (χ0n) is 16.8. The van der Waals surface area contributed by atoms with Gasteiger partial charge in [0.15, 0.2) is 5.82 Å². The fourth-order valence-electron chi connectivity index (χ4n) is 3.82. The Labute approximate surface area is 174 Å². The Morgan fingerprint density at radius 3 is 2.53 bits per heavy atom. The van der Waals surface area contributed by atoms with Gasteiger partial charge in [-0.15, -0.1) is 0 Å². The van der Waals surface area contributed by atoms with Gasteiger partial charge in [0, 0.05) is 32.6 Å². The molecule has 0 radical (unpaired) electrons. The average Bonchev–Trinajstić information content (AvgIpc) is 2.78. The molecule has 3 aromatic rings. The Morgan fingerprint density at radius 2 is 1.77 bits per heavy atom. The van der Waals surface area contributed by atoms with E-state index in [2.05, 4.69) is 15.2 Å². The molecule has 2 heterocycles. The number of rotatable bonds is 6. The summed E-state index contributed by atoms with van der Waals surface area (Å²) in [7, 11) is 0. The minimum Gasteiger partial charge on any atom is -0.352 e. The van der Waals surface area contributed by atoms with E-state index in [1.54, 1.807) is 16.7 Å². The van der Waals surface area contributed by atoms with E-state index in [1.165, 1.54) is 18.6 Å². The molecule has 0 spiro atoms. The fourth-order valence-corrected chi connectivity index (χ4v) is 3.82. The van der Waals surface area contributed by atoms with E-state index in [0.29, 0.717) is 12.4 Å². The molecule has 0 bridgehead atoms. The van der Waals surface area contributed by atoms with Gasteiger partial charge in [-0.2, -0.15) is 0 Å². The number of halogens is 1. The number of anilines is 1. The van der Waals surface area contributed by atoms with Crippen molar-refractivity contribution in [3.05, 3.63) is 70.3 Å². The monoisotopic (exact) mass is 408 g/mol. The van der Waals surface area contributed by atoms with E-state index >= 15 is 0 Å². The molecule has 1 N–H and O–H groups in total. The predicted octanol–water partition coefficient (Wildman–Crippen LogP) is 3.23. The van der Waals surface area contributed by atoms with Crippen molar-refractivity contribution >= 4 is 22.8 Å². The Hall–Kier alpha value is -3.22. The molecule has 0 atom stereocenters. The minimum atomic E-state index is -0.307. The zero-order chi connectivity index (χ0) is 20.9. The second-order valence-electron chi connectivity index (χ2n) is 7.58. The van der Waals surface area contributed by atoms with Gasteiger partial charge in [-0.25, -0.2) is 9.37 Å². The van der Waals surface area contributed by atoms with Crippen LogP contribution < -0.4 is 15.8 Å². The zero-order valence-corrected chi connectivity index (χ0v) is 16.8. The summed E-state index contributed by atoms with van der Waals surface area (Å²) in [5, 5.41) is 2.83.